The molecule has 6 nitrogen and oxygen atoms in total. The molecule has 0 spiro atoms. The van der Waals surface area contributed by atoms with Crippen molar-refractivity contribution in [1.29, 1.82) is 0 Å². The maximum Gasteiger partial charge on any atom is 0.339 e. The topological polar surface area (TPSA) is 66.9 Å². The number of likely N-dealkylation sites (N-methyl/N-ethyl adjacent to an activating group) is 1. The summed E-state index contributed by atoms with van der Waals surface area (Å²) < 4.78 is 29.8. The number of rotatable bonds is 4. The molecule has 0 bridgehead atoms. The van der Waals surface area contributed by atoms with Gasteiger partial charge in [0.15, 0.2) is 0 Å². The second kappa shape index (κ2) is 6.16. The molecule has 2 aromatic carbocycles. The molecule has 7 heteroatoms. The van der Waals surface area contributed by atoms with E-state index in [9.17, 15) is 13.2 Å². The van der Waals surface area contributed by atoms with Crippen LogP contribution in [-0.2, 0) is 10.1 Å². The lowest BCUT2D eigenvalue weighted by Crippen LogP contribution is -2.29. The zero-order chi connectivity index (χ0) is 17.3. The van der Waals surface area contributed by atoms with E-state index < -0.39 is 10.1 Å². The molecule has 1 aliphatic rings. The highest BCUT2D eigenvalue weighted by Gasteiger charge is 2.27. The average Bonchev–Trinajstić information content (AvgIpc) is 2.89. The Balaban J connectivity index is 1.79. The van der Waals surface area contributed by atoms with Gasteiger partial charge in [0.1, 0.15) is 10.6 Å². The zero-order valence-corrected chi connectivity index (χ0v) is 14.3. The molecule has 0 unspecified atom stereocenters. The first-order valence-electron chi connectivity index (χ1n) is 7.51. The SMILES string of the molecule is Cc1ccc(OS(=O)(=O)c2ccc(N3CCN(C)C3=O)cc2)cc1. The quantitative estimate of drug-likeness (QED) is 0.798. The molecule has 1 saturated heterocycles. The molecular weight excluding hydrogens is 328 g/mol. The number of amides is 2. The molecule has 0 N–H and O–H groups in total. The Bertz CT molecular complexity index is 845. The number of aryl methyl sites for hydroxylation is 1. The van der Waals surface area contributed by atoms with Gasteiger partial charge >= 0.3 is 16.1 Å². The van der Waals surface area contributed by atoms with Gasteiger partial charge in [0.2, 0.25) is 0 Å². The van der Waals surface area contributed by atoms with Crippen molar-refractivity contribution in [3.05, 3.63) is 54.1 Å². The van der Waals surface area contributed by atoms with E-state index in [0.29, 0.717) is 18.8 Å². The maximum absolute atomic E-state index is 12.3. The van der Waals surface area contributed by atoms with Crippen LogP contribution < -0.4 is 9.08 Å². The van der Waals surface area contributed by atoms with Gasteiger partial charge in [0, 0.05) is 25.8 Å². The molecule has 1 heterocycles. The standard InChI is InChI=1S/C17H18N2O4S/c1-13-3-7-15(8-4-13)23-24(21,22)16-9-5-14(6-10-16)19-12-11-18(2)17(19)20/h3-10H,11-12H2,1-2H3. The Morgan fingerprint density at radius 2 is 1.58 bits per heavy atom. The lowest BCUT2D eigenvalue weighted by molar-refractivity contribution is 0.229. The molecule has 1 aliphatic heterocycles. The molecule has 0 aromatic heterocycles. The smallest absolute Gasteiger partial charge is 0.339 e. The van der Waals surface area contributed by atoms with E-state index in [0.717, 1.165) is 5.56 Å². The van der Waals surface area contributed by atoms with Gasteiger partial charge in [-0.2, -0.15) is 8.42 Å². The summed E-state index contributed by atoms with van der Waals surface area (Å²) in [6, 6.07) is 12.8. The Morgan fingerprint density at radius 1 is 0.958 bits per heavy atom. The second-order valence-electron chi connectivity index (χ2n) is 5.70. The van der Waals surface area contributed by atoms with Gasteiger partial charge in [0.25, 0.3) is 0 Å². The van der Waals surface area contributed by atoms with Gasteiger partial charge < -0.3 is 9.08 Å². The molecule has 126 valence electrons. The molecule has 24 heavy (non-hydrogen) atoms. The van der Waals surface area contributed by atoms with Crippen LogP contribution in [0.3, 0.4) is 0 Å². The van der Waals surface area contributed by atoms with Crippen molar-refractivity contribution < 1.29 is 17.4 Å². The van der Waals surface area contributed by atoms with E-state index in [-0.39, 0.29) is 16.7 Å². The second-order valence-corrected chi connectivity index (χ2v) is 7.25. The number of hydrogen-bond donors (Lipinski definition) is 0. The summed E-state index contributed by atoms with van der Waals surface area (Å²) in [4.78, 5) is 15.2. The minimum Gasteiger partial charge on any atom is -0.379 e. The van der Waals surface area contributed by atoms with Crippen LogP contribution >= 0.6 is 0 Å². The number of carbonyl (C=O) groups is 1. The minimum atomic E-state index is -3.90. The third-order valence-electron chi connectivity index (χ3n) is 3.88. The van der Waals surface area contributed by atoms with Crippen LogP contribution in [0.5, 0.6) is 5.75 Å². The summed E-state index contributed by atoms with van der Waals surface area (Å²) in [5, 5.41) is 0. The normalized spacial score (nSPS) is 15.0. The van der Waals surface area contributed by atoms with Crippen LogP contribution in [0.15, 0.2) is 53.4 Å². The summed E-state index contributed by atoms with van der Waals surface area (Å²) in [6.07, 6.45) is 0. The molecule has 3 rings (SSSR count). The van der Waals surface area contributed by atoms with Gasteiger partial charge in [-0.3, -0.25) is 4.90 Å². The summed E-state index contributed by atoms with van der Waals surface area (Å²) in [7, 11) is -2.17. The highest BCUT2D eigenvalue weighted by atomic mass is 32.2. The van der Waals surface area contributed by atoms with Crippen molar-refractivity contribution in [1.82, 2.24) is 4.90 Å². The fourth-order valence-corrected chi connectivity index (χ4v) is 3.38. The number of benzene rings is 2. The van der Waals surface area contributed by atoms with Crippen LogP contribution in [-0.4, -0.2) is 39.5 Å². The largest absolute Gasteiger partial charge is 0.379 e. The molecular formula is C17H18N2O4S. The van der Waals surface area contributed by atoms with Crippen molar-refractivity contribution in [3.8, 4) is 5.75 Å². The van der Waals surface area contributed by atoms with Crippen molar-refractivity contribution in [2.75, 3.05) is 25.0 Å². The van der Waals surface area contributed by atoms with Crippen LogP contribution in [0, 0.1) is 6.92 Å². The lowest BCUT2D eigenvalue weighted by atomic mass is 10.2. The van der Waals surface area contributed by atoms with Gasteiger partial charge in [-0.25, -0.2) is 4.79 Å². The molecule has 0 atom stereocenters. The van der Waals surface area contributed by atoms with Crippen molar-refractivity contribution in [2.45, 2.75) is 11.8 Å². The molecule has 0 saturated carbocycles. The van der Waals surface area contributed by atoms with E-state index in [1.165, 1.54) is 12.1 Å². The highest BCUT2D eigenvalue weighted by molar-refractivity contribution is 7.87. The van der Waals surface area contributed by atoms with E-state index in [2.05, 4.69) is 0 Å². The Kier molecular flexibility index (Phi) is 4.19. The molecule has 0 aliphatic carbocycles. The van der Waals surface area contributed by atoms with Crippen LogP contribution in [0.1, 0.15) is 5.56 Å². The van der Waals surface area contributed by atoms with Gasteiger partial charge in [0.05, 0.1) is 0 Å². The fraction of sp³-hybridized carbons (Fsp3) is 0.235. The van der Waals surface area contributed by atoms with E-state index in [1.54, 1.807) is 53.2 Å². The Hall–Kier alpha value is -2.54. The van der Waals surface area contributed by atoms with Crippen molar-refractivity contribution >= 4 is 21.8 Å². The minimum absolute atomic E-state index is 0.0480. The van der Waals surface area contributed by atoms with Crippen LogP contribution in [0.25, 0.3) is 0 Å². The molecule has 0 radical (unpaired) electrons. The van der Waals surface area contributed by atoms with Gasteiger partial charge in [-0.15, -0.1) is 0 Å². The Labute approximate surface area is 141 Å². The third-order valence-corrected chi connectivity index (χ3v) is 5.14. The summed E-state index contributed by atoms with van der Waals surface area (Å²) in [5.74, 6) is 0.265. The number of anilines is 1. The monoisotopic (exact) mass is 346 g/mol. The van der Waals surface area contributed by atoms with Gasteiger partial charge in [-0.05, 0) is 43.3 Å². The summed E-state index contributed by atoms with van der Waals surface area (Å²) in [6.45, 7) is 3.14. The van der Waals surface area contributed by atoms with Crippen molar-refractivity contribution in [3.63, 3.8) is 0 Å². The predicted octanol–water partition coefficient (Wildman–Crippen LogP) is 2.63. The molecule has 2 aromatic rings. The lowest BCUT2D eigenvalue weighted by Gasteiger charge is -2.16. The maximum atomic E-state index is 12.3. The number of carbonyl (C=O) groups excluding carboxylic acids is 1. The predicted molar refractivity (Wildman–Crippen MR) is 90.8 cm³/mol. The van der Waals surface area contributed by atoms with Crippen molar-refractivity contribution in [2.24, 2.45) is 0 Å². The van der Waals surface area contributed by atoms with E-state index in [1.807, 2.05) is 6.92 Å². The fourth-order valence-electron chi connectivity index (χ4n) is 2.45. The zero-order valence-electron chi connectivity index (χ0n) is 13.5. The number of hydrogen-bond acceptors (Lipinski definition) is 4. The Morgan fingerprint density at radius 3 is 2.12 bits per heavy atom. The molecule has 2 amide bonds. The first-order valence-corrected chi connectivity index (χ1v) is 8.91. The average molecular weight is 346 g/mol. The summed E-state index contributed by atoms with van der Waals surface area (Å²) in [5.41, 5.74) is 1.68. The highest BCUT2D eigenvalue weighted by Crippen LogP contribution is 2.24. The first-order chi connectivity index (χ1) is 11.4. The summed E-state index contributed by atoms with van der Waals surface area (Å²) >= 11 is 0. The molecule has 1 fully saturated rings. The van der Waals surface area contributed by atoms with E-state index >= 15 is 0 Å². The first kappa shape index (κ1) is 16.3. The van der Waals surface area contributed by atoms with Gasteiger partial charge in [-0.1, -0.05) is 17.7 Å². The number of nitrogens with zero attached hydrogens (tertiary/aromatic N) is 2. The van der Waals surface area contributed by atoms with Crippen LogP contribution in [0.4, 0.5) is 10.5 Å². The third kappa shape index (κ3) is 3.21. The number of urea groups is 1. The van der Waals surface area contributed by atoms with Crippen LogP contribution in [0.2, 0.25) is 0 Å². The van der Waals surface area contributed by atoms with E-state index in [4.69, 9.17) is 4.18 Å².